The zero-order valence-electron chi connectivity index (χ0n) is 13.5. The molecule has 0 aliphatic rings. The number of fused-ring (bicyclic) bond motifs is 1. The van der Waals surface area contributed by atoms with E-state index in [4.69, 9.17) is 5.11 Å². The van der Waals surface area contributed by atoms with E-state index in [1.54, 1.807) is 18.2 Å². The van der Waals surface area contributed by atoms with Crippen LogP contribution in [0.25, 0.3) is 10.9 Å². The normalized spacial score (nSPS) is 10.5. The summed E-state index contributed by atoms with van der Waals surface area (Å²) in [5, 5.41) is 15.2. The SMILES string of the molecule is CC(=O)NCCNC(=O)CCCn1ccc2cc(C(=O)O)ccc21. The van der Waals surface area contributed by atoms with Crippen LogP contribution < -0.4 is 10.6 Å². The van der Waals surface area contributed by atoms with E-state index < -0.39 is 5.97 Å². The minimum absolute atomic E-state index is 0.0509. The van der Waals surface area contributed by atoms with Crippen LogP contribution in [0, 0.1) is 0 Å². The van der Waals surface area contributed by atoms with Gasteiger partial charge in [-0.15, -0.1) is 0 Å². The second-order valence-corrected chi connectivity index (χ2v) is 5.52. The lowest BCUT2D eigenvalue weighted by Gasteiger charge is -2.07. The van der Waals surface area contributed by atoms with E-state index in [0.29, 0.717) is 32.5 Å². The highest BCUT2D eigenvalue weighted by atomic mass is 16.4. The zero-order valence-corrected chi connectivity index (χ0v) is 13.5. The average molecular weight is 331 g/mol. The quantitative estimate of drug-likeness (QED) is 0.636. The molecule has 1 aromatic heterocycles. The summed E-state index contributed by atoms with van der Waals surface area (Å²) in [7, 11) is 0. The predicted molar refractivity (Wildman–Crippen MR) is 89.8 cm³/mol. The van der Waals surface area contributed by atoms with E-state index in [1.807, 2.05) is 16.8 Å². The molecule has 0 aliphatic heterocycles. The zero-order chi connectivity index (χ0) is 17.5. The molecule has 2 amide bonds. The van der Waals surface area contributed by atoms with Gasteiger partial charge in [0.2, 0.25) is 11.8 Å². The fraction of sp³-hybridized carbons (Fsp3) is 0.353. The van der Waals surface area contributed by atoms with E-state index in [9.17, 15) is 14.4 Å². The Kier molecular flexibility index (Phi) is 5.95. The number of hydrogen-bond acceptors (Lipinski definition) is 3. The maximum absolute atomic E-state index is 11.7. The molecule has 2 aromatic rings. The van der Waals surface area contributed by atoms with Crippen molar-refractivity contribution in [3.63, 3.8) is 0 Å². The van der Waals surface area contributed by atoms with Crippen molar-refractivity contribution in [2.45, 2.75) is 26.3 Å². The Labute approximate surface area is 139 Å². The Morgan fingerprint density at radius 3 is 2.58 bits per heavy atom. The smallest absolute Gasteiger partial charge is 0.335 e. The summed E-state index contributed by atoms with van der Waals surface area (Å²) in [6.45, 7) is 2.95. The van der Waals surface area contributed by atoms with Crippen LogP contribution in [0.5, 0.6) is 0 Å². The summed E-state index contributed by atoms with van der Waals surface area (Å²) in [5.41, 5.74) is 1.21. The Morgan fingerprint density at radius 2 is 1.88 bits per heavy atom. The van der Waals surface area contributed by atoms with Crippen molar-refractivity contribution < 1.29 is 19.5 Å². The molecule has 0 saturated heterocycles. The lowest BCUT2D eigenvalue weighted by molar-refractivity contribution is -0.122. The molecule has 2 rings (SSSR count). The molecule has 0 bridgehead atoms. The van der Waals surface area contributed by atoms with Crippen LogP contribution in [0.2, 0.25) is 0 Å². The van der Waals surface area contributed by atoms with Gasteiger partial charge in [0, 0.05) is 50.1 Å². The highest BCUT2D eigenvalue weighted by Crippen LogP contribution is 2.18. The number of nitrogens with zero attached hydrogens (tertiary/aromatic N) is 1. The number of carbonyl (C=O) groups is 3. The highest BCUT2D eigenvalue weighted by Gasteiger charge is 2.07. The largest absolute Gasteiger partial charge is 0.478 e. The first kappa shape index (κ1) is 17.5. The molecule has 7 nitrogen and oxygen atoms in total. The van der Waals surface area contributed by atoms with Gasteiger partial charge in [-0.2, -0.15) is 0 Å². The third kappa shape index (κ3) is 4.84. The van der Waals surface area contributed by atoms with Crippen molar-refractivity contribution in [3.8, 4) is 0 Å². The molecule has 3 N–H and O–H groups in total. The number of carbonyl (C=O) groups excluding carboxylic acids is 2. The van der Waals surface area contributed by atoms with Crippen LogP contribution in [0.15, 0.2) is 30.5 Å². The summed E-state index contributed by atoms with van der Waals surface area (Å²) < 4.78 is 2.01. The summed E-state index contributed by atoms with van der Waals surface area (Å²) >= 11 is 0. The first-order valence-corrected chi connectivity index (χ1v) is 7.80. The predicted octanol–water partition coefficient (Wildman–Crippen LogP) is 1.37. The Balaban J connectivity index is 1.80. The van der Waals surface area contributed by atoms with Gasteiger partial charge < -0.3 is 20.3 Å². The first-order valence-electron chi connectivity index (χ1n) is 7.80. The standard InChI is InChI=1S/C17H21N3O4/c1-12(21)18-7-8-19-16(22)3-2-9-20-10-6-13-11-14(17(23)24)4-5-15(13)20/h4-6,10-11H,2-3,7-9H2,1H3,(H,18,21)(H,19,22)(H,23,24). The molecule has 24 heavy (non-hydrogen) atoms. The van der Waals surface area contributed by atoms with Gasteiger partial charge in [-0.05, 0) is 30.7 Å². The maximum atomic E-state index is 11.7. The molecule has 0 spiro atoms. The number of nitrogens with one attached hydrogen (secondary N) is 2. The Hall–Kier alpha value is -2.83. The van der Waals surface area contributed by atoms with Gasteiger partial charge in [0.15, 0.2) is 0 Å². The van der Waals surface area contributed by atoms with Crippen LogP contribution in [-0.4, -0.2) is 40.5 Å². The lowest BCUT2D eigenvalue weighted by Crippen LogP contribution is -2.33. The van der Waals surface area contributed by atoms with Gasteiger partial charge in [-0.3, -0.25) is 9.59 Å². The molecule has 0 fully saturated rings. The van der Waals surface area contributed by atoms with Gasteiger partial charge in [-0.1, -0.05) is 0 Å². The Morgan fingerprint density at radius 1 is 1.12 bits per heavy atom. The van der Waals surface area contributed by atoms with Crippen LogP contribution in [0.3, 0.4) is 0 Å². The van der Waals surface area contributed by atoms with Crippen molar-refractivity contribution in [1.29, 1.82) is 0 Å². The van der Waals surface area contributed by atoms with E-state index in [1.165, 1.54) is 6.92 Å². The molecule has 0 unspecified atom stereocenters. The molecule has 7 heteroatoms. The number of carboxylic acids is 1. The summed E-state index contributed by atoms with van der Waals surface area (Å²) in [6.07, 6.45) is 2.97. The summed E-state index contributed by atoms with van der Waals surface area (Å²) in [6, 6.07) is 6.88. The number of benzene rings is 1. The molecular weight excluding hydrogens is 310 g/mol. The second kappa shape index (κ2) is 8.14. The number of carboxylic acid groups (broad SMARTS) is 1. The minimum atomic E-state index is -0.944. The minimum Gasteiger partial charge on any atom is -0.478 e. The highest BCUT2D eigenvalue weighted by molar-refractivity contribution is 5.93. The van der Waals surface area contributed by atoms with E-state index in [-0.39, 0.29) is 17.4 Å². The number of aryl methyl sites for hydroxylation is 1. The molecule has 128 valence electrons. The van der Waals surface area contributed by atoms with Crippen molar-refractivity contribution in [2.24, 2.45) is 0 Å². The van der Waals surface area contributed by atoms with E-state index in [0.717, 1.165) is 10.9 Å². The van der Waals surface area contributed by atoms with Crippen molar-refractivity contribution in [3.05, 3.63) is 36.0 Å². The average Bonchev–Trinajstić information content (AvgIpc) is 2.94. The number of amides is 2. The fourth-order valence-corrected chi connectivity index (χ4v) is 2.47. The van der Waals surface area contributed by atoms with Gasteiger partial charge in [0.1, 0.15) is 0 Å². The van der Waals surface area contributed by atoms with Crippen LogP contribution in [0.1, 0.15) is 30.1 Å². The molecule has 0 radical (unpaired) electrons. The van der Waals surface area contributed by atoms with Crippen molar-refractivity contribution in [1.82, 2.24) is 15.2 Å². The number of rotatable bonds is 8. The third-order valence-electron chi connectivity index (χ3n) is 3.64. The van der Waals surface area contributed by atoms with Crippen LogP contribution in [-0.2, 0) is 16.1 Å². The number of hydrogen-bond donors (Lipinski definition) is 3. The Bertz CT molecular complexity index is 751. The first-order chi connectivity index (χ1) is 11.5. The molecule has 0 aliphatic carbocycles. The summed E-state index contributed by atoms with van der Waals surface area (Å²) in [4.78, 5) is 33.4. The molecule has 0 saturated carbocycles. The van der Waals surface area contributed by atoms with Crippen LogP contribution >= 0.6 is 0 Å². The van der Waals surface area contributed by atoms with Gasteiger partial charge in [-0.25, -0.2) is 4.79 Å². The van der Waals surface area contributed by atoms with E-state index >= 15 is 0 Å². The topological polar surface area (TPSA) is 100 Å². The maximum Gasteiger partial charge on any atom is 0.335 e. The fourth-order valence-electron chi connectivity index (χ4n) is 2.47. The molecular formula is C17H21N3O4. The van der Waals surface area contributed by atoms with Gasteiger partial charge in [0.05, 0.1) is 5.56 Å². The number of aromatic carboxylic acids is 1. The second-order valence-electron chi connectivity index (χ2n) is 5.52. The number of aromatic nitrogens is 1. The van der Waals surface area contributed by atoms with Crippen molar-refractivity contribution in [2.75, 3.05) is 13.1 Å². The van der Waals surface area contributed by atoms with Crippen molar-refractivity contribution >= 4 is 28.7 Å². The molecule has 1 aromatic carbocycles. The van der Waals surface area contributed by atoms with Gasteiger partial charge in [0.25, 0.3) is 0 Å². The third-order valence-corrected chi connectivity index (χ3v) is 3.64. The molecule has 1 heterocycles. The van der Waals surface area contributed by atoms with Gasteiger partial charge >= 0.3 is 5.97 Å². The molecule has 0 atom stereocenters. The lowest BCUT2D eigenvalue weighted by atomic mass is 10.1. The summed E-state index contributed by atoms with van der Waals surface area (Å²) in [5.74, 6) is -1.11. The van der Waals surface area contributed by atoms with E-state index in [2.05, 4.69) is 10.6 Å². The monoisotopic (exact) mass is 331 g/mol. The van der Waals surface area contributed by atoms with Crippen LogP contribution in [0.4, 0.5) is 0 Å².